The normalized spacial score (nSPS) is 21.6. The van der Waals surface area contributed by atoms with Crippen LogP contribution < -0.4 is 5.73 Å². The van der Waals surface area contributed by atoms with E-state index in [4.69, 9.17) is 5.73 Å². The zero-order valence-electron chi connectivity index (χ0n) is 11.4. The van der Waals surface area contributed by atoms with E-state index in [0.29, 0.717) is 5.92 Å². The molecule has 0 radical (unpaired) electrons. The molecular weight excluding hydrogens is 234 g/mol. The molecule has 2 atom stereocenters. The molecule has 3 rings (SSSR count). The Kier molecular flexibility index (Phi) is 3.38. The van der Waals surface area contributed by atoms with Crippen LogP contribution in [-0.2, 0) is 0 Å². The molecule has 1 fully saturated rings. The zero-order chi connectivity index (χ0) is 13.2. The van der Waals surface area contributed by atoms with Crippen LogP contribution in [0.4, 0.5) is 0 Å². The minimum atomic E-state index is 0.664. The second-order valence-corrected chi connectivity index (χ2v) is 5.58. The Morgan fingerprint density at radius 2 is 2.32 bits per heavy atom. The van der Waals surface area contributed by atoms with Crippen LogP contribution in [0.3, 0.4) is 0 Å². The highest BCUT2D eigenvalue weighted by atomic mass is 15.0. The molecule has 0 aliphatic heterocycles. The fourth-order valence-electron chi connectivity index (χ4n) is 2.77. The number of aryl methyl sites for hydroxylation is 1. The van der Waals surface area contributed by atoms with Gasteiger partial charge >= 0.3 is 0 Å². The molecule has 1 saturated carbocycles. The first-order chi connectivity index (χ1) is 9.28. The smallest absolute Gasteiger partial charge is 0.0995 e. The number of hydrogen-bond donors (Lipinski definition) is 1. The SMILES string of the molecule is Cc1cccc(-n2cnc(C3CC3CCCN)c2)c1. The summed E-state index contributed by atoms with van der Waals surface area (Å²) in [5.41, 5.74) is 9.27. The number of aromatic nitrogens is 2. The van der Waals surface area contributed by atoms with E-state index in [9.17, 15) is 0 Å². The Balaban J connectivity index is 1.71. The minimum absolute atomic E-state index is 0.664. The van der Waals surface area contributed by atoms with Crippen LogP contribution in [0, 0.1) is 12.8 Å². The quantitative estimate of drug-likeness (QED) is 0.892. The maximum Gasteiger partial charge on any atom is 0.0995 e. The van der Waals surface area contributed by atoms with Crippen LogP contribution in [0.15, 0.2) is 36.8 Å². The van der Waals surface area contributed by atoms with E-state index in [1.54, 1.807) is 0 Å². The highest BCUT2D eigenvalue weighted by molar-refractivity contribution is 5.36. The Labute approximate surface area is 114 Å². The third kappa shape index (κ3) is 2.71. The van der Waals surface area contributed by atoms with Crippen LogP contribution in [0.5, 0.6) is 0 Å². The molecule has 1 aromatic heterocycles. The van der Waals surface area contributed by atoms with Gasteiger partial charge in [0.15, 0.2) is 0 Å². The molecule has 0 saturated heterocycles. The standard InChI is InChI=1S/C16H21N3/c1-12-4-2-6-14(8-12)19-10-16(18-11-19)15-9-13(15)5-3-7-17/h2,4,6,8,10-11,13,15H,3,5,7,9,17H2,1H3. The van der Waals surface area contributed by atoms with Crippen molar-refractivity contribution >= 4 is 0 Å². The fraction of sp³-hybridized carbons (Fsp3) is 0.438. The van der Waals surface area contributed by atoms with Crippen molar-refractivity contribution in [2.75, 3.05) is 6.54 Å². The second-order valence-electron chi connectivity index (χ2n) is 5.58. The lowest BCUT2D eigenvalue weighted by molar-refractivity contribution is 0.655. The van der Waals surface area contributed by atoms with Crippen molar-refractivity contribution in [2.45, 2.75) is 32.1 Å². The van der Waals surface area contributed by atoms with Crippen molar-refractivity contribution in [2.24, 2.45) is 11.7 Å². The van der Waals surface area contributed by atoms with Gasteiger partial charge in [0, 0.05) is 17.8 Å². The molecule has 1 aromatic carbocycles. The first kappa shape index (κ1) is 12.4. The van der Waals surface area contributed by atoms with Crippen LogP contribution >= 0.6 is 0 Å². The number of imidazole rings is 1. The zero-order valence-corrected chi connectivity index (χ0v) is 11.4. The van der Waals surface area contributed by atoms with Crippen molar-refractivity contribution in [3.8, 4) is 5.69 Å². The lowest BCUT2D eigenvalue weighted by Crippen LogP contribution is -1.98. The molecule has 2 aromatic rings. The Hall–Kier alpha value is -1.61. The van der Waals surface area contributed by atoms with Crippen LogP contribution in [0.25, 0.3) is 5.69 Å². The summed E-state index contributed by atoms with van der Waals surface area (Å²) in [7, 11) is 0. The molecule has 0 amide bonds. The van der Waals surface area contributed by atoms with Gasteiger partial charge in [0.2, 0.25) is 0 Å². The summed E-state index contributed by atoms with van der Waals surface area (Å²) in [4.78, 5) is 4.57. The summed E-state index contributed by atoms with van der Waals surface area (Å²) in [5, 5.41) is 0. The van der Waals surface area contributed by atoms with Gasteiger partial charge in [-0.1, -0.05) is 12.1 Å². The van der Waals surface area contributed by atoms with E-state index in [2.05, 4.69) is 46.9 Å². The van der Waals surface area contributed by atoms with E-state index in [0.717, 1.165) is 18.9 Å². The summed E-state index contributed by atoms with van der Waals surface area (Å²) in [6.07, 6.45) is 7.79. The minimum Gasteiger partial charge on any atom is -0.330 e. The molecule has 1 aliphatic carbocycles. The predicted octanol–water partition coefficient (Wildman–Crippen LogP) is 3.02. The van der Waals surface area contributed by atoms with E-state index in [1.807, 2.05) is 6.33 Å². The molecule has 3 heteroatoms. The molecule has 2 unspecified atom stereocenters. The van der Waals surface area contributed by atoms with Crippen molar-refractivity contribution in [1.29, 1.82) is 0 Å². The summed E-state index contributed by atoms with van der Waals surface area (Å²) in [5.74, 6) is 1.47. The van der Waals surface area contributed by atoms with Gasteiger partial charge < -0.3 is 10.3 Å². The van der Waals surface area contributed by atoms with Gasteiger partial charge in [-0.25, -0.2) is 4.98 Å². The third-order valence-corrected chi connectivity index (χ3v) is 3.98. The van der Waals surface area contributed by atoms with E-state index in [1.165, 1.54) is 29.8 Å². The van der Waals surface area contributed by atoms with Crippen LogP contribution in [0.2, 0.25) is 0 Å². The molecule has 2 N–H and O–H groups in total. The maximum absolute atomic E-state index is 5.56. The van der Waals surface area contributed by atoms with Gasteiger partial charge in [0.05, 0.1) is 12.0 Å². The number of nitrogens with two attached hydrogens (primary N) is 1. The second kappa shape index (κ2) is 5.17. The summed E-state index contributed by atoms with van der Waals surface area (Å²) in [6, 6.07) is 8.51. The molecule has 0 spiro atoms. The van der Waals surface area contributed by atoms with E-state index in [-0.39, 0.29) is 0 Å². The average molecular weight is 255 g/mol. The Bertz CT molecular complexity index is 559. The summed E-state index contributed by atoms with van der Waals surface area (Å²) >= 11 is 0. The molecular formula is C16H21N3. The number of nitrogens with zero attached hydrogens (tertiary/aromatic N) is 2. The van der Waals surface area contributed by atoms with Crippen molar-refractivity contribution in [3.63, 3.8) is 0 Å². The highest BCUT2D eigenvalue weighted by Gasteiger charge is 2.38. The molecule has 1 aliphatic rings. The van der Waals surface area contributed by atoms with Gasteiger partial charge in [0.25, 0.3) is 0 Å². The van der Waals surface area contributed by atoms with Crippen LogP contribution in [-0.4, -0.2) is 16.1 Å². The monoisotopic (exact) mass is 255 g/mol. The van der Waals surface area contributed by atoms with Gasteiger partial charge in [-0.15, -0.1) is 0 Å². The van der Waals surface area contributed by atoms with Gasteiger partial charge in [0.1, 0.15) is 0 Å². The molecule has 0 bridgehead atoms. The third-order valence-electron chi connectivity index (χ3n) is 3.98. The number of benzene rings is 1. The van der Waals surface area contributed by atoms with Gasteiger partial charge in [-0.3, -0.25) is 0 Å². The number of hydrogen-bond acceptors (Lipinski definition) is 2. The Morgan fingerprint density at radius 3 is 3.11 bits per heavy atom. The number of rotatable bonds is 5. The van der Waals surface area contributed by atoms with Gasteiger partial charge in [-0.2, -0.15) is 0 Å². The first-order valence-electron chi connectivity index (χ1n) is 7.09. The fourth-order valence-corrected chi connectivity index (χ4v) is 2.77. The van der Waals surface area contributed by atoms with E-state index < -0.39 is 0 Å². The molecule has 100 valence electrons. The topological polar surface area (TPSA) is 43.8 Å². The highest BCUT2D eigenvalue weighted by Crippen LogP contribution is 2.49. The largest absolute Gasteiger partial charge is 0.330 e. The van der Waals surface area contributed by atoms with Crippen molar-refractivity contribution in [1.82, 2.24) is 9.55 Å². The predicted molar refractivity (Wildman–Crippen MR) is 77.4 cm³/mol. The lowest BCUT2D eigenvalue weighted by atomic mass is 10.1. The van der Waals surface area contributed by atoms with Crippen molar-refractivity contribution < 1.29 is 0 Å². The maximum atomic E-state index is 5.56. The van der Waals surface area contributed by atoms with Crippen molar-refractivity contribution in [3.05, 3.63) is 48.0 Å². The molecule has 19 heavy (non-hydrogen) atoms. The first-order valence-corrected chi connectivity index (χ1v) is 7.09. The summed E-state index contributed by atoms with van der Waals surface area (Å²) < 4.78 is 2.13. The van der Waals surface area contributed by atoms with Gasteiger partial charge in [-0.05, 0) is 56.3 Å². The van der Waals surface area contributed by atoms with Crippen LogP contribution in [0.1, 0.15) is 36.4 Å². The Morgan fingerprint density at radius 1 is 1.42 bits per heavy atom. The molecule has 1 heterocycles. The average Bonchev–Trinajstić information content (AvgIpc) is 3.02. The lowest BCUT2D eigenvalue weighted by Gasteiger charge is -2.02. The summed E-state index contributed by atoms with van der Waals surface area (Å²) in [6.45, 7) is 2.92. The van der Waals surface area contributed by atoms with E-state index >= 15 is 0 Å². The molecule has 3 nitrogen and oxygen atoms in total.